The average Bonchev–Trinajstić information content (AvgIpc) is 2.27. The van der Waals surface area contributed by atoms with Crippen LogP contribution in [0.25, 0.3) is 0 Å². The molecule has 16 heavy (non-hydrogen) atoms. The van der Waals surface area contributed by atoms with Gasteiger partial charge in [-0.3, -0.25) is 4.79 Å². The molecule has 0 saturated carbocycles. The molecule has 0 aromatic rings. The summed E-state index contributed by atoms with van der Waals surface area (Å²) in [6, 6.07) is 0. The zero-order valence-electron chi connectivity index (χ0n) is 10.4. The van der Waals surface area contributed by atoms with Crippen LogP contribution in [0.2, 0.25) is 0 Å². The van der Waals surface area contributed by atoms with Gasteiger partial charge in [0.1, 0.15) is 0 Å². The number of carbonyl (C=O) groups excluding carboxylic acids is 1. The lowest BCUT2D eigenvalue weighted by Gasteiger charge is -2.34. The number of rotatable bonds is 5. The number of nitrogens with one attached hydrogen (secondary N) is 1. The fourth-order valence-corrected chi connectivity index (χ4v) is 2.28. The van der Waals surface area contributed by atoms with Gasteiger partial charge in [0.15, 0.2) is 0 Å². The first-order valence-corrected chi connectivity index (χ1v) is 6.23. The Morgan fingerprint density at radius 3 is 2.94 bits per heavy atom. The predicted molar refractivity (Wildman–Crippen MR) is 64.0 cm³/mol. The van der Waals surface area contributed by atoms with E-state index >= 15 is 0 Å². The van der Waals surface area contributed by atoms with Crippen LogP contribution in [0, 0.1) is 11.8 Å². The van der Waals surface area contributed by atoms with E-state index in [4.69, 9.17) is 10.5 Å². The van der Waals surface area contributed by atoms with Crippen molar-refractivity contribution in [2.75, 3.05) is 19.7 Å². The van der Waals surface area contributed by atoms with Crippen molar-refractivity contribution in [2.45, 2.75) is 39.2 Å². The summed E-state index contributed by atoms with van der Waals surface area (Å²) >= 11 is 0. The third kappa shape index (κ3) is 4.10. The van der Waals surface area contributed by atoms with Gasteiger partial charge in [0.25, 0.3) is 0 Å². The molecular formula is C12H24N2O2. The summed E-state index contributed by atoms with van der Waals surface area (Å²) in [6.07, 6.45) is 2.94. The van der Waals surface area contributed by atoms with Crippen molar-refractivity contribution in [3.8, 4) is 0 Å². The fraction of sp³-hybridized carbons (Fsp3) is 0.917. The summed E-state index contributed by atoms with van der Waals surface area (Å²) in [7, 11) is 0. The maximum absolute atomic E-state index is 11.3. The molecule has 0 aliphatic carbocycles. The second-order valence-corrected chi connectivity index (χ2v) is 4.82. The van der Waals surface area contributed by atoms with Crippen LogP contribution >= 0.6 is 0 Å². The summed E-state index contributed by atoms with van der Waals surface area (Å²) in [5, 5.41) is 2.94. The van der Waals surface area contributed by atoms with Crippen LogP contribution in [-0.4, -0.2) is 31.7 Å². The van der Waals surface area contributed by atoms with Crippen molar-refractivity contribution in [3.63, 3.8) is 0 Å². The molecule has 94 valence electrons. The Bertz CT molecular complexity index is 219. The minimum atomic E-state index is 0.0515. The Hall–Kier alpha value is -0.610. The Balaban J connectivity index is 2.35. The van der Waals surface area contributed by atoms with Crippen LogP contribution in [0.3, 0.4) is 0 Å². The van der Waals surface area contributed by atoms with Crippen molar-refractivity contribution < 1.29 is 9.53 Å². The first-order valence-electron chi connectivity index (χ1n) is 6.23. The second-order valence-electron chi connectivity index (χ2n) is 4.82. The zero-order chi connectivity index (χ0) is 12.0. The van der Waals surface area contributed by atoms with Crippen LogP contribution in [0.4, 0.5) is 0 Å². The molecule has 1 aliphatic heterocycles. The Labute approximate surface area is 97.9 Å². The predicted octanol–water partition coefficient (Wildman–Crippen LogP) is 0.903. The van der Waals surface area contributed by atoms with Gasteiger partial charge in [0.05, 0.1) is 6.10 Å². The molecule has 3 N–H and O–H groups in total. The Morgan fingerprint density at radius 2 is 2.31 bits per heavy atom. The van der Waals surface area contributed by atoms with E-state index in [1.54, 1.807) is 0 Å². The highest BCUT2D eigenvalue weighted by molar-refractivity contribution is 5.76. The van der Waals surface area contributed by atoms with E-state index in [0.29, 0.717) is 24.8 Å². The van der Waals surface area contributed by atoms with Gasteiger partial charge in [0.2, 0.25) is 5.91 Å². The molecular weight excluding hydrogens is 204 g/mol. The standard InChI is InChI=1S/C12H24N2O2/c1-9(2)12-10(4-3-7-16-12)8-14-11(15)5-6-13/h9-10,12H,3-8,13H2,1-2H3,(H,14,15). The van der Waals surface area contributed by atoms with Crippen LogP contribution < -0.4 is 11.1 Å². The van der Waals surface area contributed by atoms with E-state index in [0.717, 1.165) is 26.0 Å². The lowest BCUT2D eigenvalue weighted by atomic mass is 9.87. The first-order chi connectivity index (χ1) is 7.65. The smallest absolute Gasteiger partial charge is 0.221 e. The Kier molecular flexibility index (Phi) is 5.77. The molecule has 1 amide bonds. The molecule has 1 saturated heterocycles. The molecule has 4 nitrogen and oxygen atoms in total. The van der Waals surface area contributed by atoms with E-state index < -0.39 is 0 Å². The molecule has 1 heterocycles. The SMILES string of the molecule is CC(C)C1OCCCC1CNC(=O)CCN. The highest BCUT2D eigenvalue weighted by atomic mass is 16.5. The van der Waals surface area contributed by atoms with Crippen molar-refractivity contribution in [1.29, 1.82) is 0 Å². The van der Waals surface area contributed by atoms with E-state index in [9.17, 15) is 4.79 Å². The number of carbonyl (C=O) groups is 1. The largest absolute Gasteiger partial charge is 0.378 e. The molecule has 4 heteroatoms. The average molecular weight is 228 g/mol. The van der Waals surface area contributed by atoms with Gasteiger partial charge < -0.3 is 15.8 Å². The highest BCUT2D eigenvalue weighted by Crippen LogP contribution is 2.25. The zero-order valence-corrected chi connectivity index (χ0v) is 10.4. The summed E-state index contributed by atoms with van der Waals surface area (Å²) in [6.45, 7) is 6.34. The Morgan fingerprint density at radius 1 is 1.56 bits per heavy atom. The molecule has 0 bridgehead atoms. The number of nitrogens with two attached hydrogens (primary N) is 1. The molecule has 0 spiro atoms. The van der Waals surface area contributed by atoms with Crippen molar-refractivity contribution in [1.82, 2.24) is 5.32 Å². The number of hydrogen-bond acceptors (Lipinski definition) is 3. The van der Waals surface area contributed by atoms with Gasteiger partial charge in [-0.1, -0.05) is 13.8 Å². The summed E-state index contributed by atoms with van der Waals surface area (Å²) < 4.78 is 5.77. The molecule has 0 radical (unpaired) electrons. The monoisotopic (exact) mass is 228 g/mol. The van der Waals surface area contributed by atoms with Crippen LogP contribution in [0.5, 0.6) is 0 Å². The topological polar surface area (TPSA) is 64.3 Å². The van der Waals surface area contributed by atoms with Crippen LogP contribution in [0.15, 0.2) is 0 Å². The third-order valence-corrected chi connectivity index (χ3v) is 3.08. The van der Waals surface area contributed by atoms with E-state index in [2.05, 4.69) is 19.2 Å². The molecule has 2 unspecified atom stereocenters. The lowest BCUT2D eigenvalue weighted by Crippen LogP contribution is -2.41. The summed E-state index contributed by atoms with van der Waals surface area (Å²) in [5.74, 6) is 1.02. The second kappa shape index (κ2) is 6.86. The van der Waals surface area contributed by atoms with Gasteiger partial charge in [-0.05, 0) is 18.8 Å². The van der Waals surface area contributed by atoms with Gasteiger partial charge in [-0.2, -0.15) is 0 Å². The van der Waals surface area contributed by atoms with Crippen molar-refractivity contribution in [3.05, 3.63) is 0 Å². The van der Waals surface area contributed by atoms with Crippen LogP contribution in [-0.2, 0) is 9.53 Å². The molecule has 1 aliphatic rings. The molecule has 0 aromatic heterocycles. The maximum Gasteiger partial charge on any atom is 0.221 e. The van der Waals surface area contributed by atoms with Crippen LogP contribution in [0.1, 0.15) is 33.1 Å². The van der Waals surface area contributed by atoms with E-state index in [1.807, 2.05) is 0 Å². The van der Waals surface area contributed by atoms with Gasteiger partial charge in [-0.25, -0.2) is 0 Å². The third-order valence-electron chi connectivity index (χ3n) is 3.08. The number of hydrogen-bond donors (Lipinski definition) is 2. The number of ether oxygens (including phenoxy) is 1. The van der Waals surface area contributed by atoms with Crippen molar-refractivity contribution >= 4 is 5.91 Å². The van der Waals surface area contributed by atoms with E-state index in [-0.39, 0.29) is 12.0 Å². The number of amides is 1. The molecule has 1 rings (SSSR count). The molecule has 2 atom stereocenters. The summed E-state index contributed by atoms with van der Waals surface area (Å²) in [4.78, 5) is 11.3. The van der Waals surface area contributed by atoms with E-state index in [1.165, 1.54) is 0 Å². The molecule has 1 fully saturated rings. The lowest BCUT2D eigenvalue weighted by molar-refractivity contribution is -0.121. The normalized spacial score (nSPS) is 25.8. The quantitative estimate of drug-likeness (QED) is 0.735. The van der Waals surface area contributed by atoms with Gasteiger partial charge >= 0.3 is 0 Å². The van der Waals surface area contributed by atoms with Gasteiger partial charge in [0, 0.05) is 32.0 Å². The minimum Gasteiger partial charge on any atom is -0.378 e. The van der Waals surface area contributed by atoms with Crippen molar-refractivity contribution in [2.24, 2.45) is 17.6 Å². The first kappa shape index (κ1) is 13.5. The summed E-state index contributed by atoms with van der Waals surface area (Å²) in [5.41, 5.74) is 5.33. The van der Waals surface area contributed by atoms with Gasteiger partial charge in [-0.15, -0.1) is 0 Å². The minimum absolute atomic E-state index is 0.0515. The fourth-order valence-electron chi connectivity index (χ4n) is 2.28. The molecule has 0 aromatic carbocycles. The maximum atomic E-state index is 11.3. The highest BCUT2D eigenvalue weighted by Gasteiger charge is 2.28.